The summed E-state index contributed by atoms with van der Waals surface area (Å²) in [4.78, 5) is 11.8. The molecule has 3 heteroatoms. The van der Waals surface area contributed by atoms with E-state index in [1.54, 1.807) is 13.8 Å². The third kappa shape index (κ3) is 2.56. The van der Waals surface area contributed by atoms with Gasteiger partial charge in [0.25, 0.3) is 0 Å². The van der Waals surface area contributed by atoms with Crippen molar-refractivity contribution in [2.75, 3.05) is 0 Å². The molecule has 17 heavy (non-hydrogen) atoms. The van der Waals surface area contributed by atoms with Crippen LogP contribution in [0.3, 0.4) is 0 Å². The van der Waals surface area contributed by atoms with Gasteiger partial charge in [-0.25, -0.2) is 0 Å². The van der Waals surface area contributed by atoms with Crippen LogP contribution in [0.2, 0.25) is 0 Å². The second kappa shape index (κ2) is 4.87. The Balaban J connectivity index is 2.20. The molecule has 0 spiro atoms. The van der Waals surface area contributed by atoms with Crippen LogP contribution in [0, 0.1) is 13.8 Å². The Kier molecular flexibility index (Phi) is 3.28. The maximum Gasteiger partial charge on any atom is 0.229 e. The number of ether oxygens (including phenoxy) is 1. The largest absolute Gasteiger partial charge is 0.482 e. The highest BCUT2D eigenvalue weighted by atomic mass is 16.5. The molecule has 0 unspecified atom stereocenters. The van der Waals surface area contributed by atoms with E-state index in [2.05, 4.69) is 0 Å². The molecule has 88 valence electrons. The lowest BCUT2D eigenvalue weighted by molar-refractivity contribution is 0.285. The second-order valence-corrected chi connectivity index (χ2v) is 3.91. The average Bonchev–Trinajstić information content (AvgIpc) is 2.35. The van der Waals surface area contributed by atoms with E-state index >= 15 is 0 Å². The SMILES string of the molecule is Cc1occ(C)c(=O)c1OCc1ccccc1. The predicted octanol–water partition coefficient (Wildman–Crippen LogP) is 2.84. The number of hydrogen-bond donors (Lipinski definition) is 0. The minimum Gasteiger partial charge on any atom is -0.482 e. The Morgan fingerprint density at radius 1 is 1.18 bits per heavy atom. The monoisotopic (exact) mass is 230 g/mol. The molecule has 1 heterocycles. The van der Waals surface area contributed by atoms with Gasteiger partial charge in [-0.1, -0.05) is 30.3 Å². The summed E-state index contributed by atoms with van der Waals surface area (Å²) in [5.74, 6) is 0.811. The molecule has 0 aliphatic carbocycles. The summed E-state index contributed by atoms with van der Waals surface area (Å²) < 4.78 is 10.8. The van der Waals surface area contributed by atoms with E-state index in [1.165, 1.54) is 6.26 Å². The molecule has 0 radical (unpaired) electrons. The molecule has 2 aromatic rings. The number of benzene rings is 1. The molecule has 0 fully saturated rings. The summed E-state index contributed by atoms with van der Waals surface area (Å²) in [5, 5.41) is 0. The van der Waals surface area contributed by atoms with E-state index in [0.29, 0.717) is 23.7 Å². The van der Waals surface area contributed by atoms with Crippen LogP contribution in [0.4, 0.5) is 0 Å². The van der Waals surface area contributed by atoms with Crippen LogP contribution >= 0.6 is 0 Å². The number of hydrogen-bond acceptors (Lipinski definition) is 3. The van der Waals surface area contributed by atoms with Gasteiger partial charge in [-0.2, -0.15) is 0 Å². The summed E-state index contributed by atoms with van der Waals surface area (Å²) in [6.07, 6.45) is 1.45. The van der Waals surface area contributed by atoms with Gasteiger partial charge >= 0.3 is 0 Å². The van der Waals surface area contributed by atoms with Crippen LogP contribution < -0.4 is 10.2 Å². The van der Waals surface area contributed by atoms with Gasteiger partial charge in [-0.3, -0.25) is 4.79 Å². The highest BCUT2D eigenvalue weighted by Gasteiger charge is 2.09. The molecular weight excluding hydrogens is 216 g/mol. The van der Waals surface area contributed by atoms with Gasteiger partial charge in [0.1, 0.15) is 12.4 Å². The van der Waals surface area contributed by atoms with Crippen molar-refractivity contribution < 1.29 is 9.15 Å². The second-order valence-electron chi connectivity index (χ2n) is 3.91. The van der Waals surface area contributed by atoms with E-state index in [9.17, 15) is 4.79 Å². The molecule has 0 saturated heterocycles. The van der Waals surface area contributed by atoms with E-state index in [-0.39, 0.29) is 5.43 Å². The summed E-state index contributed by atoms with van der Waals surface area (Å²) in [6, 6.07) is 9.71. The molecule has 3 nitrogen and oxygen atoms in total. The fourth-order valence-corrected chi connectivity index (χ4v) is 1.52. The van der Waals surface area contributed by atoms with Crippen molar-refractivity contribution in [3.05, 3.63) is 63.7 Å². The van der Waals surface area contributed by atoms with Crippen molar-refractivity contribution in [3.8, 4) is 5.75 Å². The minimum absolute atomic E-state index is 0.107. The highest BCUT2D eigenvalue weighted by molar-refractivity contribution is 5.28. The maximum atomic E-state index is 11.8. The smallest absolute Gasteiger partial charge is 0.229 e. The molecule has 0 bridgehead atoms. The van der Waals surface area contributed by atoms with Crippen LogP contribution in [0.15, 0.2) is 45.8 Å². The Morgan fingerprint density at radius 3 is 2.59 bits per heavy atom. The Labute approximate surface area is 99.7 Å². The summed E-state index contributed by atoms with van der Waals surface area (Å²) in [7, 11) is 0. The van der Waals surface area contributed by atoms with Crippen LogP contribution in [-0.2, 0) is 6.61 Å². The Morgan fingerprint density at radius 2 is 1.88 bits per heavy atom. The Bertz CT molecular complexity index is 555. The molecule has 2 rings (SSSR count). The Hall–Kier alpha value is -2.03. The van der Waals surface area contributed by atoms with Gasteiger partial charge in [-0.05, 0) is 19.4 Å². The number of aryl methyl sites for hydroxylation is 2. The first-order valence-corrected chi connectivity index (χ1v) is 5.44. The van der Waals surface area contributed by atoms with Crippen molar-refractivity contribution in [2.45, 2.75) is 20.5 Å². The van der Waals surface area contributed by atoms with Crippen molar-refractivity contribution in [1.82, 2.24) is 0 Å². The standard InChI is InChI=1S/C14H14O3/c1-10-8-16-11(2)14(13(10)15)17-9-12-6-4-3-5-7-12/h3-8H,9H2,1-2H3. The lowest BCUT2D eigenvalue weighted by atomic mass is 10.2. The topological polar surface area (TPSA) is 39.4 Å². The summed E-state index contributed by atoms with van der Waals surface area (Å²) in [6.45, 7) is 3.80. The van der Waals surface area contributed by atoms with E-state index < -0.39 is 0 Å². The highest BCUT2D eigenvalue weighted by Crippen LogP contribution is 2.14. The van der Waals surface area contributed by atoms with Gasteiger partial charge in [-0.15, -0.1) is 0 Å². The van der Waals surface area contributed by atoms with Gasteiger partial charge in [0.15, 0.2) is 0 Å². The van der Waals surface area contributed by atoms with Crippen LogP contribution in [0.5, 0.6) is 5.75 Å². The van der Waals surface area contributed by atoms with Crippen LogP contribution in [0.1, 0.15) is 16.9 Å². The fraction of sp³-hybridized carbons (Fsp3) is 0.214. The number of rotatable bonds is 3. The summed E-state index contributed by atoms with van der Waals surface area (Å²) >= 11 is 0. The normalized spacial score (nSPS) is 10.2. The first-order valence-electron chi connectivity index (χ1n) is 5.44. The maximum absolute atomic E-state index is 11.8. The van der Waals surface area contributed by atoms with Crippen molar-refractivity contribution in [3.63, 3.8) is 0 Å². The van der Waals surface area contributed by atoms with E-state index in [0.717, 1.165) is 5.56 Å². The third-order valence-corrected chi connectivity index (χ3v) is 2.52. The van der Waals surface area contributed by atoms with Gasteiger partial charge in [0.05, 0.1) is 6.26 Å². The minimum atomic E-state index is -0.107. The average molecular weight is 230 g/mol. The molecule has 1 aromatic heterocycles. The molecule has 0 atom stereocenters. The van der Waals surface area contributed by atoms with Gasteiger partial charge < -0.3 is 9.15 Å². The first-order chi connectivity index (χ1) is 8.18. The van der Waals surface area contributed by atoms with Crippen molar-refractivity contribution >= 4 is 0 Å². The summed E-state index contributed by atoms with van der Waals surface area (Å²) in [5.41, 5.74) is 1.47. The first kappa shape index (κ1) is 11.5. The lowest BCUT2D eigenvalue weighted by Gasteiger charge is -2.07. The van der Waals surface area contributed by atoms with Crippen LogP contribution in [-0.4, -0.2) is 0 Å². The zero-order valence-electron chi connectivity index (χ0n) is 9.90. The van der Waals surface area contributed by atoms with Crippen LogP contribution in [0.25, 0.3) is 0 Å². The molecule has 0 aliphatic rings. The van der Waals surface area contributed by atoms with Gasteiger partial charge in [0, 0.05) is 5.56 Å². The third-order valence-electron chi connectivity index (χ3n) is 2.52. The quantitative estimate of drug-likeness (QED) is 0.813. The molecule has 0 aliphatic heterocycles. The molecule has 1 aromatic carbocycles. The predicted molar refractivity (Wildman–Crippen MR) is 65.2 cm³/mol. The molecular formula is C14H14O3. The molecule has 0 N–H and O–H groups in total. The fourth-order valence-electron chi connectivity index (χ4n) is 1.52. The molecule has 0 amide bonds. The van der Waals surface area contributed by atoms with Crippen molar-refractivity contribution in [2.24, 2.45) is 0 Å². The lowest BCUT2D eigenvalue weighted by Crippen LogP contribution is -2.11. The zero-order valence-corrected chi connectivity index (χ0v) is 9.90. The van der Waals surface area contributed by atoms with E-state index in [4.69, 9.17) is 9.15 Å². The molecule has 0 saturated carbocycles. The van der Waals surface area contributed by atoms with Crippen molar-refractivity contribution in [1.29, 1.82) is 0 Å². The van der Waals surface area contributed by atoms with Gasteiger partial charge in [0.2, 0.25) is 11.2 Å². The van der Waals surface area contributed by atoms with E-state index in [1.807, 2.05) is 30.3 Å². The zero-order chi connectivity index (χ0) is 12.3.